The summed E-state index contributed by atoms with van der Waals surface area (Å²) < 4.78 is 30.4. The molecule has 1 aromatic heterocycles. The molecule has 1 aromatic carbocycles. The number of thiophene rings is 1. The lowest BCUT2D eigenvalue weighted by Gasteiger charge is -2.22. The van der Waals surface area contributed by atoms with Crippen molar-refractivity contribution in [1.82, 2.24) is 0 Å². The van der Waals surface area contributed by atoms with Crippen LogP contribution in [-0.4, -0.2) is 40.2 Å². The van der Waals surface area contributed by atoms with E-state index >= 15 is 0 Å². The molecule has 1 heterocycles. The van der Waals surface area contributed by atoms with Gasteiger partial charge in [-0.05, 0) is 49.4 Å². The standard InChI is InChI=1S/C19H21ClN2O5S2/c1-11-7-8-12(9-14(11)20)22(29(3,25)26)10-16(23)21-18-17(19(24)27-2)13-5-4-6-15(13)28-18/h7-9H,4-6,10H2,1-3H3,(H,21,23). The van der Waals surface area contributed by atoms with Gasteiger partial charge in [-0.25, -0.2) is 13.2 Å². The molecular formula is C19H21ClN2O5S2. The first-order chi connectivity index (χ1) is 13.6. The zero-order chi connectivity index (χ0) is 21.3. The molecule has 0 saturated carbocycles. The summed E-state index contributed by atoms with van der Waals surface area (Å²) in [6.07, 6.45) is 3.57. The minimum Gasteiger partial charge on any atom is -0.465 e. The van der Waals surface area contributed by atoms with Crippen molar-refractivity contribution < 1.29 is 22.7 Å². The van der Waals surface area contributed by atoms with Gasteiger partial charge in [-0.3, -0.25) is 9.10 Å². The molecule has 10 heteroatoms. The van der Waals surface area contributed by atoms with Crippen LogP contribution in [0.4, 0.5) is 10.7 Å². The lowest BCUT2D eigenvalue weighted by Crippen LogP contribution is -2.37. The van der Waals surface area contributed by atoms with Crippen molar-refractivity contribution >= 4 is 55.5 Å². The molecule has 29 heavy (non-hydrogen) atoms. The fourth-order valence-electron chi connectivity index (χ4n) is 3.24. The van der Waals surface area contributed by atoms with Gasteiger partial charge in [-0.1, -0.05) is 17.7 Å². The monoisotopic (exact) mass is 456 g/mol. The van der Waals surface area contributed by atoms with Crippen LogP contribution >= 0.6 is 22.9 Å². The van der Waals surface area contributed by atoms with Crippen LogP contribution in [0.1, 0.15) is 32.8 Å². The van der Waals surface area contributed by atoms with Gasteiger partial charge in [0.05, 0.1) is 24.6 Å². The summed E-state index contributed by atoms with van der Waals surface area (Å²) in [5.74, 6) is -1.07. The van der Waals surface area contributed by atoms with E-state index in [0.717, 1.165) is 45.8 Å². The summed E-state index contributed by atoms with van der Waals surface area (Å²) in [7, 11) is -2.45. The molecule has 0 aliphatic heterocycles. The number of halogens is 1. The van der Waals surface area contributed by atoms with Gasteiger partial charge >= 0.3 is 5.97 Å². The van der Waals surface area contributed by atoms with Crippen molar-refractivity contribution in [2.45, 2.75) is 26.2 Å². The zero-order valence-corrected chi connectivity index (χ0v) is 18.6. The Bertz CT molecular complexity index is 1080. The maximum absolute atomic E-state index is 12.7. The Morgan fingerprint density at radius 1 is 1.31 bits per heavy atom. The molecule has 1 N–H and O–H groups in total. The molecule has 0 atom stereocenters. The van der Waals surface area contributed by atoms with Gasteiger partial charge in [-0.15, -0.1) is 11.3 Å². The number of sulfonamides is 1. The average molecular weight is 457 g/mol. The third-order valence-corrected chi connectivity index (χ3v) is 7.45. The number of hydrogen-bond acceptors (Lipinski definition) is 6. The highest BCUT2D eigenvalue weighted by atomic mass is 35.5. The van der Waals surface area contributed by atoms with Crippen LogP contribution in [0.3, 0.4) is 0 Å². The van der Waals surface area contributed by atoms with E-state index in [0.29, 0.717) is 21.3 Å². The first-order valence-electron chi connectivity index (χ1n) is 8.88. The van der Waals surface area contributed by atoms with E-state index in [2.05, 4.69) is 5.32 Å². The number of carbonyl (C=O) groups is 2. The number of rotatable bonds is 6. The van der Waals surface area contributed by atoms with Crippen LogP contribution in [0, 0.1) is 6.92 Å². The van der Waals surface area contributed by atoms with E-state index < -0.39 is 28.4 Å². The summed E-state index contributed by atoms with van der Waals surface area (Å²) in [6.45, 7) is 1.36. The zero-order valence-electron chi connectivity index (χ0n) is 16.2. The van der Waals surface area contributed by atoms with Crippen molar-refractivity contribution in [3.05, 3.63) is 44.8 Å². The summed E-state index contributed by atoms with van der Waals surface area (Å²) in [5.41, 5.74) is 2.36. The maximum Gasteiger partial charge on any atom is 0.341 e. The fraction of sp³-hybridized carbons (Fsp3) is 0.368. The second-order valence-corrected chi connectivity index (χ2v) is 10.2. The normalized spacial score (nSPS) is 13.1. The van der Waals surface area contributed by atoms with Gasteiger partial charge in [-0.2, -0.15) is 0 Å². The van der Waals surface area contributed by atoms with Gasteiger partial charge < -0.3 is 10.1 Å². The van der Waals surface area contributed by atoms with Crippen molar-refractivity contribution in [2.75, 3.05) is 29.5 Å². The molecule has 0 spiro atoms. The van der Waals surface area contributed by atoms with Crippen molar-refractivity contribution in [2.24, 2.45) is 0 Å². The number of nitrogens with one attached hydrogen (secondary N) is 1. The second kappa shape index (κ2) is 8.33. The van der Waals surface area contributed by atoms with E-state index in [1.54, 1.807) is 19.1 Å². The van der Waals surface area contributed by atoms with E-state index in [1.165, 1.54) is 24.5 Å². The molecule has 1 aliphatic carbocycles. The highest BCUT2D eigenvalue weighted by Crippen LogP contribution is 2.39. The second-order valence-electron chi connectivity index (χ2n) is 6.80. The Morgan fingerprint density at radius 2 is 2.03 bits per heavy atom. The largest absolute Gasteiger partial charge is 0.465 e. The highest BCUT2D eigenvalue weighted by Gasteiger charge is 2.29. The first-order valence-corrected chi connectivity index (χ1v) is 11.9. The molecular weight excluding hydrogens is 436 g/mol. The van der Waals surface area contributed by atoms with Gasteiger partial charge in [0.15, 0.2) is 0 Å². The SMILES string of the molecule is COC(=O)c1c(NC(=O)CN(c2ccc(C)c(Cl)c2)S(C)(=O)=O)sc2c1CCC2. The number of esters is 1. The molecule has 1 amide bonds. The molecule has 0 radical (unpaired) electrons. The number of benzene rings is 1. The maximum atomic E-state index is 12.7. The molecule has 1 aliphatic rings. The van der Waals surface area contributed by atoms with E-state index in [4.69, 9.17) is 16.3 Å². The minimum atomic E-state index is -3.74. The predicted octanol–water partition coefficient (Wildman–Crippen LogP) is 3.39. The van der Waals surface area contributed by atoms with E-state index in [-0.39, 0.29) is 0 Å². The van der Waals surface area contributed by atoms with E-state index in [9.17, 15) is 18.0 Å². The Balaban J connectivity index is 1.87. The van der Waals surface area contributed by atoms with Crippen LogP contribution in [-0.2, 0) is 32.4 Å². The van der Waals surface area contributed by atoms with Gasteiger partial charge in [0.25, 0.3) is 0 Å². The molecule has 156 valence electrons. The first kappa shape index (κ1) is 21.6. The van der Waals surface area contributed by atoms with Gasteiger partial charge in [0.2, 0.25) is 15.9 Å². The molecule has 0 saturated heterocycles. The quantitative estimate of drug-likeness (QED) is 0.672. The molecule has 0 fully saturated rings. The third kappa shape index (κ3) is 4.57. The smallest absolute Gasteiger partial charge is 0.341 e. The third-order valence-electron chi connectivity index (χ3n) is 4.69. The number of carbonyl (C=O) groups excluding carboxylic acids is 2. The van der Waals surface area contributed by atoms with Crippen LogP contribution in [0.5, 0.6) is 0 Å². The highest BCUT2D eigenvalue weighted by molar-refractivity contribution is 7.92. The molecule has 0 bridgehead atoms. The average Bonchev–Trinajstić information content (AvgIpc) is 3.21. The number of aryl methyl sites for hydroxylation is 2. The molecule has 0 unspecified atom stereocenters. The van der Waals surface area contributed by atoms with Crippen molar-refractivity contribution in [3.8, 4) is 0 Å². The van der Waals surface area contributed by atoms with Crippen molar-refractivity contribution in [3.63, 3.8) is 0 Å². The van der Waals surface area contributed by atoms with Gasteiger partial charge in [0.1, 0.15) is 11.5 Å². The summed E-state index contributed by atoms with van der Waals surface area (Å²) in [6, 6.07) is 4.78. The van der Waals surface area contributed by atoms with E-state index in [1.807, 2.05) is 0 Å². The van der Waals surface area contributed by atoms with Crippen LogP contribution < -0.4 is 9.62 Å². The fourth-order valence-corrected chi connectivity index (χ4v) is 5.56. The molecule has 7 nitrogen and oxygen atoms in total. The number of hydrogen-bond donors (Lipinski definition) is 1. The lowest BCUT2D eigenvalue weighted by atomic mass is 10.1. The van der Waals surface area contributed by atoms with Crippen LogP contribution in [0.25, 0.3) is 0 Å². The number of fused-ring (bicyclic) bond motifs is 1. The van der Waals surface area contributed by atoms with Crippen LogP contribution in [0.2, 0.25) is 5.02 Å². The number of ether oxygens (including phenoxy) is 1. The summed E-state index contributed by atoms with van der Waals surface area (Å²) in [4.78, 5) is 26.0. The number of nitrogens with zero attached hydrogens (tertiary/aromatic N) is 1. The van der Waals surface area contributed by atoms with Crippen LogP contribution in [0.15, 0.2) is 18.2 Å². The Morgan fingerprint density at radius 3 is 2.66 bits per heavy atom. The molecule has 3 rings (SSSR count). The predicted molar refractivity (Wildman–Crippen MR) is 115 cm³/mol. The number of anilines is 2. The summed E-state index contributed by atoms with van der Waals surface area (Å²) in [5, 5.41) is 3.49. The number of methoxy groups -OCH3 is 1. The van der Waals surface area contributed by atoms with Crippen molar-refractivity contribution in [1.29, 1.82) is 0 Å². The Hall–Kier alpha value is -2.10. The topological polar surface area (TPSA) is 92.8 Å². The minimum absolute atomic E-state index is 0.292. The number of amides is 1. The Kier molecular flexibility index (Phi) is 6.21. The lowest BCUT2D eigenvalue weighted by molar-refractivity contribution is -0.114. The molecule has 2 aromatic rings. The summed E-state index contributed by atoms with van der Waals surface area (Å²) >= 11 is 7.45. The van der Waals surface area contributed by atoms with Gasteiger partial charge in [0, 0.05) is 9.90 Å². The Labute approximate surface area is 178 Å².